The first-order valence-electron chi connectivity index (χ1n) is 8.18. The molecule has 0 unspecified atom stereocenters. The first kappa shape index (κ1) is 16.3. The average molecular weight is 295 g/mol. The van der Waals surface area contributed by atoms with Crippen LogP contribution in [0.3, 0.4) is 0 Å². The Labute approximate surface area is 128 Å². The van der Waals surface area contributed by atoms with E-state index in [2.05, 4.69) is 29.3 Å². The Balaban J connectivity index is 1.83. The highest BCUT2D eigenvalue weighted by molar-refractivity contribution is 5.74. The Morgan fingerprint density at radius 3 is 2.76 bits per heavy atom. The Kier molecular flexibility index (Phi) is 6.51. The van der Waals surface area contributed by atoms with Crippen LogP contribution in [0.25, 0.3) is 0 Å². The van der Waals surface area contributed by atoms with Crippen LogP contribution in [0.4, 0.5) is 4.79 Å². The van der Waals surface area contributed by atoms with Gasteiger partial charge in [0, 0.05) is 45.4 Å². The summed E-state index contributed by atoms with van der Waals surface area (Å²) >= 11 is 0. The number of nitrogens with one attached hydrogen (secondary N) is 1. The van der Waals surface area contributed by atoms with Crippen molar-refractivity contribution >= 4 is 6.03 Å². The number of methoxy groups -OCH3 is 1. The first-order chi connectivity index (χ1) is 10.2. The van der Waals surface area contributed by atoms with Gasteiger partial charge < -0.3 is 15.0 Å². The summed E-state index contributed by atoms with van der Waals surface area (Å²) in [5.74, 6) is 0. The highest BCUT2D eigenvalue weighted by Crippen LogP contribution is 2.16. The van der Waals surface area contributed by atoms with Crippen LogP contribution in [-0.2, 0) is 4.74 Å². The normalized spacial score (nSPS) is 23.7. The van der Waals surface area contributed by atoms with E-state index in [0.29, 0.717) is 12.1 Å². The second-order valence-corrected chi connectivity index (χ2v) is 6.01. The molecule has 21 heavy (non-hydrogen) atoms. The minimum atomic E-state index is 0.108. The van der Waals surface area contributed by atoms with Crippen LogP contribution in [0.5, 0.6) is 0 Å². The van der Waals surface area contributed by atoms with Crippen LogP contribution in [0.15, 0.2) is 12.2 Å². The standard InChI is InChI=1S/C16H29N3O2/c1-3-6-15-13-19(10-9-18(15)11-12-21-2)16(20)17-14-7-4-5-8-14/h4-5,14-15H,3,6-13H2,1-2H3,(H,17,20)/t15-/m1/s1. The zero-order chi connectivity index (χ0) is 15.1. The Bertz CT molecular complexity index is 351. The molecule has 2 amide bonds. The van der Waals surface area contributed by atoms with Gasteiger partial charge in [-0.3, -0.25) is 4.90 Å². The molecule has 1 saturated heterocycles. The van der Waals surface area contributed by atoms with Crippen molar-refractivity contribution in [1.82, 2.24) is 15.1 Å². The fraction of sp³-hybridized carbons (Fsp3) is 0.812. The lowest BCUT2D eigenvalue weighted by Gasteiger charge is -2.41. The third-order valence-corrected chi connectivity index (χ3v) is 4.43. The average Bonchev–Trinajstić information content (AvgIpc) is 2.99. The van der Waals surface area contributed by atoms with Crippen molar-refractivity contribution in [3.63, 3.8) is 0 Å². The number of piperazine rings is 1. The smallest absolute Gasteiger partial charge is 0.317 e. The summed E-state index contributed by atoms with van der Waals surface area (Å²) in [6.07, 6.45) is 8.52. The zero-order valence-electron chi connectivity index (χ0n) is 13.4. The summed E-state index contributed by atoms with van der Waals surface area (Å²) in [4.78, 5) is 16.8. The molecule has 1 aliphatic carbocycles. The summed E-state index contributed by atoms with van der Waals surface area (Å²) in [7, 11) is 1.74. The maximum atomic E-state index is 12.4. The maximum Gasteiger partial charge on any atom is 0.317 e. The lowest BCUT2D eigenvalue weighted by molar-refractivity contribution is 0.0595. The number of urea groups is 1. The van der Waals surface area contributed by atoms with Gasteiger partial charge in [0.05, 0.1) is 6.61 Å². The summed E-state index contributed by atoms with van der Waals surface area (Å²) in [6.45, 7) is 6.53. The molecule has 5 heteroatoms. The minimum absolute atomic E-state index is 0.108. The molecule has 0 radical (unpaired) electrons. The molecule has 2 aliphatic rings. The van der Waals surface area contributed by atoms with Gasteiger partial charge in [-0.25, -0.2) is 4.79 Å². The molecule has 0 bridgehead atoms. The number of hydrogen-bond acceptors (Lipinski definition) is 3. The van der Waals surface area contributed by atoms with Crippen LogP contribution in [0, 0.1) is 0 Å². The van der Waals surface area contributed by atoms with Crippen molar-refractivity contribution in [2.24, 2.45) is 0 Å². The molecule has 2 rings (SSSR count). The maximum absolute atomic E-state index is 12.4. The predicted octanol–water partition coefficient (Wildman–Crippen LogP) is 1.85. The van der Waals surface area contributed by atoms with E-state index in [4.69, 9.17) is 4.74 Å². The van der Waals surface area contributed by atoms with Crippen LogP contribution in [0.2, 0.25) is 0 Å². The van der Waals surface area contributed by atoms with E-state index in [1.165, 1.54) is 0 Å². The molecular weight excluding hydrogens is 266 g/mol. The molecule has 5 nitrogen and oxygen atoms in total. The number of carbonyl (C=O) groups excluding carboxylic acids is 1. The van der Waals surface area contributed by atoms with Crippen molar-refractivity contribution in [2.45, 2.75) is 44.7 Å². The molecule has 1 heterocycles. The molecule has 1 N–H and O–H groups in total. The number of hydrogen-bond donors (Lipinski definition) is 1. The largest absolute Gasteiger partial charge is 0.383 e. The number of amides is 2. The highest BCUT2D eigenvalue weighted by Gasteiger charge is 2.29. The molecule has 0 saturated carbocycles. The monoisotopic (exact) mass is 295 g/mol. The Morgan fingerprint density at radius 2 is 2.10 bits per heavy atom. The van der Waals surface area contributed by atoms with Gasteiger partial charge >= 0.3 is 6.03 Å². The lowest BCUT2D eigenvalue weighted by atomic mass is 10.1. The molecule has 0 aromatic rings. The second-order valence-electron chi connectivity index (χ2n) is 6.01. The van der Waals surface area contributed by atoms with Gasteiger partial charge in [0.15, 0.2) is 0 Å². The van der Waals surface area contributed by atoms with E-state index in [0.717, 1.165) is 58.5 Å². The van der Waals surface area contributed by atoms with Crippen LogP contribution in [-0.4, -0.2) is 67.8 Å². The Hall–Kier alpha value is -1.07. The number of nitrogens with zero attached hydrogens (tertiary/aromatic N) is 2. The van der Waals surface area contributed by atoms with E-state index in [9.17, 15) is 4.79 Å². The summed E-state index contributed by atoms with van der Waals surface area (Å²) < 4.78 is 5.19. The van der Waals surface area contributed by atoms with Crippen molar-refractivity contribution in [3.8, 4) is 0 Å². The molecule has 120 valence electrons. The van der Waals surface area contributed by atoms with Crippen molar-refractivity contribution in [1.29, 1.82) is 0 Å². The zero-order valence-corrected chi connectivity index (χ0v) is 13.4. The number of carbonyl (C=O) groups is 1. The summed E-state index contributed by atoms with van der Waals surface area (Å²) in [5, 5.41) is 3.15. The second kappa shape index (κ2) is 8.39. The molecule has 0 aromatic carbocycles. The summed E-state index contributed by atoms with van der Waals surface area (Å²) in [6, 6.07) is 0.871. The molecule has 1 fully saturated rings. The highest BCUT2D eigenvalue weighted by atomic mass is 16.5. The van der Waals surface area contributed by atoms with Gasteiger partial charge in [0.2, 0.25) is 0 Å². The van der Waals surface area contributed by atoms with E-state index in [1.807, 2.05) is 4.90 Å². The van der Waals surface area contributed by atoms with Crippen LogP contribution >= 0.6 is 0 Å². The lowest BCUT2D eigenvalue weighted by Crippen LogP contribution is -2.58. The van der Waals surface area contributed by atoms with Gasteiger partial charge in [0.1, 0.15) is 0 Å². The third-order valence-electron chi connectivity index (χ3n) is 4.43. The molecule has 0 spiro atoms. The fourth-order valence-electron chi connectivity index (χ4n) is 3.19. The first-order valence-corrected chi connectivity index (χ1v) is 8.18. The van der Waals surface area contributed by atoms with Gasteiger partial charge in [-0.1, -0.05) is 25.5 Å². The van der Waals surface area contributed by atoms with Crippen LogP contribution in [0.1, 0.15) is 32.6 Å². The third kappa shape index (κ3) is 4.71. The van der Waals surface area contributed by atoms with Gasteiger partial charge in [0.25, 0.3) is 0 Å². The van der Waals surface area contributed by atoms with E-state index in [-0.39, 0.29) is 6.03 Å². The minimum Gasteiger partial charge on any atom is -0.383 e. The fourth-order valence-corrected chi connectivity index (χ4v) is 3.19. The van der Waals surface area contributed by atoms with Crippen molar-refractivity contribution in [3.05, 3.63) is 12.2 Å². The molecule has 1 aliphatic heterocycles. The Morgan fingerprint density at radius 1 is 1.33 bits per heavy atom. The van der Waals surface area contributed by atoms with E-state index < -0.39 is 0 Å². The SMILES string of the molecule is CCC[C@@H]1CN(C(=O)NC2CC=CC2)CCN1CCOC. The quantitative estimate of drug-likeness (QED) is 0.761. The van der Waals surface area contributed by atoms with Crippen molar-refractivity contribution < 1.29 is 9.53 Å². The van der Waals surface area contributed by atoms with E-state index in [1.54, 1.807) is 7.11 Å². The molecule has 0 aromatic heterocycles. The molecular formula is C16H29N3O2. The van der Waals surface area contributed by atoms with Gasteiger partial charge in [-0.05, 0) is 19.3 Å². The number of ether oxygens (including phenoxy) is 1. The van der Waals surface area contributed by atoms with Gasteiger partial charge in [-0.15, -0.1) is 0 Å². The summed E-state index contributed by atoms with van der Waals surface area (Å²) in [5.41, 5.74) is 0. The van der Waals surface area contributed by atoms with E-state index >= 15 is 0 Å². The van der Waals surface area contributed by atoms with Crippen molar-refractivity contribution in [2.75, 3.05) is 39.9 Å². The van der Waals surface area contributed by atoms with Gasteiger partial charge in [-0.2, -0.15) is 0 Å². The number of rotatable bonds is 6. The predicted molar refractivity (Wildman–Crippen MR) is 84.4 cm³/mol. The topological polar surface area (TPSA) is 44.8 Å². The molecule has 1 atom stereocenters. The van der Waals surface area contributed by atoms with Crippen LogP contribution < -0.4 is 5.32 Å².